The van der Waals surface area contributed by atoms with E-state index in [0.29, 0.717) is 18.6 Å². The second kappa shape index (κ2) is 7.81. The number of nitrogens with zero attached hydrogens (tertiary/aromatic N) is 3. The molecule has 6 nitrogen and oxygen atoms in total. The van der Waals surface area contributed by atoms with E-state index in [9.17, 15) is 0 Å². The maximum absolute atomic E-state index is 6.07. The van der Waals surface area contributed by atoms with E-state index in [1.165, 1.54) is 12.0 Å². The first-order valence-corrected chi connectivity index (χ1v) is 10.2. The van der Waals surface area contributed by atoms with E-state index in [1.54, 1.807) is 4.68 Å². The first-order chi connectivity index (χ1) is 14.3. The molecule has 0 unspecified atom stereocenters. The van der Waals surface area contributed by atoms with Crippen molar-refractivity contribution in [2.45, 2.75) is 31.5 Å². The number of furan rings is 1. The standard InChI is InChI=1S/C23H25N5O/c1-28-15-21(26-27-28)17-9-10-22-18(12-17)13-19(29-22)14-25-20-8-5-11-24-23(20)16-6-3-2-4-7-16/h2-4,6-7,9-10,12-13,15,20,23-25H,5,8,11,14H2,1H3/t20-,23-/m0/s1. The largest absolute Gasteiger partial charge is 0.460 e. The van der Waals surface area contributed by atoms with Crippen molar-refractivity contribution in [1.82, 2.24) is 25.6 Å². The lowest BCUT2D eigenvalue weighted by atomic mass is 9.92. The van der Waals surface area contributed by atoms with Crippen LogP contribution in [0.15, 0.2) is 65.2 Å². The van der Waals surface area contributed by atoms with E-state index < -0.39 is 0 Å². The second-order valence-corrected chi connectivity index (χ2v) is 7.71. The summed E-state index contributed by atoms with van der Waals surface area (Å²) in [5, 5.41) is 16.7. The van der Waals surface area contributed by atoms with Gasteiger partial charge in [-0.1, -0.05) is 35.5 Å². The smallest absolute Gasteiger partial charge is 0.134 e. The lowest BCUT2D eigenvalue weighted by Crippen LogP contribution is -2.45. The fraction of sp³-hybridized carbons (Fsp3) is 0.304. The Hall–Kier alpha value is -2.96. The van der Waals surface area contributed by atoms with E-state index in [0.717, 1.165) is 41.0 Å². The Morgan fingerprint density at radius 3 is 2.90 bits per heavy atom. The maximum Gasteiger partial charge on any atom is 0.134 e. The Balaban J connectivity index is 1.32. The quantitative estimate of drug-likeness (QED) is 0.545. The van der Waals surface area contributed by atoms with Gasteiger partial charge < -0.3 is 15.1 Å². The molecular weight excluding hydrogens is 362 g/mol. The summed E-state index contributed by atoms with van der Waals surface area (Å²) in [4.78, 5) is 0. The van der Waals surface area contributed by atoms with Crippen LogP contribution in [-0.4, -0.2) is 27.6 Å². The molecule has 3 heterocycles. The molecular formula is C23H25N5O. The van der Waals surface area contributed by atoms with Crippen molar-refractivity contribution >= 4 is 11.0 Å². The maximum atomic E-state index is 6.07. The average Bonchev–Trinajstić information content (AvgIpc) is 3.38. The molecule has 0 amide bonds. The van der Waals surface area contributed by atoms with Gasteiger partial charge in [-0.2, -0.15) is 0 Å². The van der Waals surface area contributed by atoms with Gasteiger partial charge in [0.15, 0.2) is 0 Å². The van der Waals surface area contributed by atoms with Gasteiger partial charge in [0.1, 0.15) is 17.0 Å². The van der Waals surface area contributed by atoms with Crippen LogP contribution in [0.4, 0.5) is 0 Å². The van der Waals surface area contributed by atoms with Crippen molar-refractivity contribution < 1.29 is 4.42 Å². The minimum absolute atomic E-state index is 0.331. The van der Waals surface area contributed by atoms with Crippen LogP contribution < -0.4 is 10.6 Å². The number of hydrogen-bond acceptors (Lipinski definition) is 5. The van der Waals surface area contributed by atoms with E-state index in [-0.39, 0.29) is 0 Å². The van der Waals surface area contributed by atoms with Gasteiger partial charge in [-0.15, -0.1) is 5.10 Å². The number of hydrogen-bond donors (Lipinski definition) is 2. The number of benzene rings is 2. The van der Waals surface area contributed by atoms with Crippen LogP contribution in [0.3, 0.4) is 0 Å². The zero-order chi connectivity index (χ0) is 19.6. The number of rotatable bonds is 5. The molecule has 0 saturated carbocycles. The molecule has 2 aromatic carbocycles. The predicted molar refractivity (Wildman–Crippen MR) is 113 cm³/mol. The van der Waals surface area contributed by atoms with Gasteiger partial charge in [0, 0.05) is 30.1 Å². The fourth-order valence-electron chi connectivity index (χ4n) is 4.17. The first kappa shape index (κ1) is 18.1. The summed E-state index contributed by atoms with van der Waals surface area (Å²) in [5.74, 6) is 0.952. The fourth-order valence-corrected chi connectivity index (χ4v) is 4.17. The Bertz CT molecular complexity index is 1100. The molecule has 1 aliphatic rings. The highest BCUT2D eigenvalue weighted by Crippen LogP contribution is 2.27. The SMILES string of the molecule is Cn1cc(-c2ccc3oc(CN[C@H]4CCCN[C@H]4c4ccccc4)cc3c2)nn1. The highest BCUT2D eigenvalue weighted by atomic mass is 16.3. The molecule has 0 spiro atoms. The minimum atomic E-state index is 0.331. The van der Waals surface area contributed by atoms with Gasteiger partial charge >= 0.3 is 0 Å². The van der Waals surface area contributed by atoms with E-state index in [2.05, 4.69) is 63.4 Å². The van der Waals surface area contributed by atoms with Crippen LogP contribution in [0.5, 0.6) is 0 Å². The van der Waals surface area contributed by atoms with Crippen molar-refractivity contribution in [3.05, 3.63) is 72.1 Å². The number of nitrogens with one attached hydrogen (secondary N) is 2. The summed E-state index contributed by atoms with van der Waals surface area (Å²) in [6.07, 6.45) is 4.26. The lowest BCUT2D eigenvalue weighted by molar-refractivity contribution is 0.298. The minimum Gasteiger partial charge on any atom is -0.460 e. The van der Waals surface area contributed by atoms with Crippen LogP contribution in [-0.2, 0) is 13.6 Å². The van der Waals surface area contributed by atoms with Crippen LogP contribution in [0.1, 0.15) is 30.2 Å². The third-order valence-electron chi connectivity index (χ3n) is 5.62. The van der Waals surface area contributed by atoms with Crippen LogP contribution >= 0.6 is 0 Å². The van der Waals surface area contributed by atoms with Crippen molar-refractivity contribution in [3.8, 4) is 11.3 Å². The monoisotopic (exact) mass is 387 g/mol. The van der Waals surface area contributed by atoms with Crippen molar-refractivity contribution in [1.29, 1.82) is 0 Å². The second-order valence-electron chi connectivity index (χ2n) is 7.71. The number of aromatic nitrogens is 3. The lowest BCUT2D eigenvalue weighted by Gasteiger charge is -2.33. The van der Waals surface area contributed by atoms with Crippen LogP contribution in [0.25, 0.3) is 22.2 Å². The third kappa shape index (κ3) is 3.81. The zero-order valence-electron chi connectivity index (χ0n) is 16.5. The molecule has 2 aromatic heterocycles. The molecule has 4 aromatic rings. The molecule has 5 rings (SSSR count). The Kier molecular flexibility index (Phi) is 4.87. The van der Waals surface area contributed by atoms with E-state index in [1.807, 2.05) is 25.4 Å². The summed E-state index contributed by atoms with van der Waals surface area (Å²) < 4.78 is 7.79. The molecule has 0 aliphatic carbocycles. The van der Waals surface area contributed by atoms with Gasteiger partial charge in [0.2, 0.25) is 0 Å². The van der Waals surface area contributed by atoms with Gasteiger partial charge in [-0.05, 0) is 49.2 Å². The summed E-state index contributed by atoms with van der Waals surface area (Å²) in [7, 11) is 1.87. The van der Waals surface area contributed by atoms with Crippen LogP contribution in [0, 0.1) is 0 Å². The van der Waals surface area contributed by atoms with Crippen molar-refractivity contribution in [2.24, 2.45) is 7.05 Å². The Labute approximate surface area is 169 Å². The number of piperidine rings is 1. The van der Waals surface area contributed by atoms with Gasteiger partial charge in [-0.3, -0.25) is 4.68 Å². The molecule has 1 saturated heterocycles. The third-order valence-corrected chi connectivity index (χ3v) is 5.62. The molecule has 148 valence electrons. The summed E-state index contributed by atoms with van der Waals surface area (Å²) in [5.41, 5.74) is 4.15. The predicted octanol–water partition coefficient (Wildman–Crippen LogP) is 3.81. The van der Waals surface area contributed by atoms with Gasteiger partial charge in [0.25, 0.3) is 0 Å². The molecule has 2 N–H and O–H groups in total. The average molecular weight is 387 g/mol. The topological polar surface area (TPSA) is 67.9 Å². The Morgan fingerprint density at radius 1 is 1.17 bits per heavy atom. The molecule has 0 bridgehead atoms. The number of fused-ring (bicyclic) bond motifs is 1. The molecule has 1 aliphatic heterocycles. The van der Waals surface area contributed by atoms with Gasteiger partial charge in [-0.25, -0.2) is 0 Å². The molecule has 0 radical (unpaired) electrons. The first-order valence-electron chi connectivity index (χ1n) is 10.2. The normalized spacial score (nSPS) is 19.6. The van der Waals surface area contributed by atoms with Gasteiger partial charge in [0.05, 0.1) is 12.7 Å². The zero-order valence-corrected chi connectivity index (χ0v) is 16.5. The molecule has 2 atom stereocenters. The van der Waals surface area contributed by atoms with E-state index >= 15 is 0 Å². The van der Waals surface area contributed by atoms with E-state index in [4.69, 9.17) is 4.42 Å². The molecule has 6 heteroatoms. The highest BCUT2D eigenvalue weighted by molar-refractivity contribution is 5.83. The molecule has 29 heavy (non-hydrogen) atoms. The van der Waals surface area contributed by atoms with Crippen molar-refractivity contribution in [3.63, 3.8) is 0 Å². The highest BCUT2D eigenvalue weighted by Gasteiger charge is 2.25. The van der Waals surface area contributed by atoms with Crippen molar-refractivity contribution in [2.75, 3.05) is 6.54 Å². The van der Waals surface area contributed by atoms with Crippen LogP contribution in [0.2, 0.25) is 0 Å². The molecule has 1 fully saturated rings. The Morgan fingerprint density at radius 2 is 2.07 bits per heavy atom. The summed E-state index contributed by atoms with van der Waals surface area (Å²) in [6, 6.07) is 19.7. The number of aryl methyl sites for hydroxylation is 1. The summed E-state index contributed by atoms with van der Waals surface area (Å²) >= 11 is 0. The summed E-state index contributed by atoms with van der Waals surface area (Å²) in [6.45, 7) is 1.78.